The van der Waals surface area contributed by atoms with Gasteiger partial charge in [-0.05, 0) is 30.3 Å². The van der Waals surface area contributed by atoms with Crippen LogP contribution in [0, 0.1) is 0 Å². The standard InChI is InChI=1S/C20H15ClN4O4S/c1-29-17(26)9-25-19(28)12-4-2-3-5-14(12)23-20(25)30-10-16-22-15-7-6-11(21)8-13(15)18(27)24-16/h2-8H,9-10H2,1H3,(H,22,24,27). The van der Waals surface area contributed by atoms with Crippen LogP contribution >= 0.6 is 23.4 Å². The van der Waals surface area contributed by atoms with Crippen LogP contribution < -0.4 is 11.1 Å². The van der Waals surface area contributed by atoms with Crippen molar-refractivity contribution in [2.45, 2.75) is 17.5 Å². The molecule has 152 valence electrons. The first-order valence-electron chi connectivity index (χ1n) is 8.84. The van der Waals surface area contributed by atoms with Crippen molar-refractivity contribution in [1.29, 1.82) is 0 Å². The van der Waals surface area contributed by atoms with Gasteiger partial charge in [-0.1, -0.05) is 35.5 Å². The van der Waals surface area contributed by atoms with Crippen LogP contribution in [0.3, 0.4) is 0 Å². The highest BCUT2D eigenvalue weighted by Gasteiger charge is 2.15. The van der Waals surface area contributed by atoms with E-state index < -0.39 is 5.97 Å². The molecule has 0 fully saturated rings. The first kappa shape index (κ1) is 20.1. The average Bonchev–Trinajstić information content (AvgIpc) is 2.75. The van der Waals surface area contributed by atoms with Gasteiger partial charge in [0.25, 0.3) is 11.1 Å². The number of aromatic nitrogens is 4. The van der Waals surface area contributed by atoms with Crippen LogP contribution in [0.15, 0.2) is 57.2 Å². The quantitative estimate of drug-likeness (QED) is 0.287. The monoisotopic (exact) mass is 442 g/mol. The minimum Gasteiger partial charge on any atom is -0.468 e. The van der Waals surface area contributed by atoms with E-state index >= 15 is 0 Å². The number of rotatable bonds is 5. The number of nitrogens with zero attached hydrogens (tertiary/aromatic N) is 3. The van der Waals surface area contributed by atoms with Crippen molar-refractivity contribution in [2.75, 3.05) is 7.11 Å². The van der Waals surface area contributed by atoms with E-state index in [0.717, 1.165) is 0 Å². The highest BCUT2D eigenvalue weighted by molar-refractivity contribution is 7.98. The lowest BCUT2D eigenvalue weighted by Crippen LogP contribution is -2.27. The van der Waals surface area contributed by atoms with Gasteiger partial charge in [0.1, 0.15) is 12.4 Å². The van der Waals surface area contributed by atoms with E-state index in [2.05, 4.69) is 15.0 Å². The van der Waals surface area contributed by atoms with E-state index in [9.17, 15) is 14.4 Å². The Kier molecular flexibility index (Phi) is 5.56. The molecule has 0 aliphatic heterocycles. The number of nitrogens with one attached hydrogen (secondary N) is 1. The number of carbonyl (C=O) groups excluding carboxylic acids is 1. The number of esters is 1. The summed E-state index contributed by atoms with van der Waals surface area (Å²) in [6, 6.07) is 11.8. The van der Waals surface area contributed by atoms with E-state index in [0.29, 0.717) is 37.8 Å². The van der Waals surface area contributed by atoms with Gasteiger partial charge in [0, 0.05) is 5.02 Å². The lowest BCUT2D eigenvalue weighted by molar-refractivity contribution is -0.141. The maximum atomic E-state index is 12.9. The third-order valence-electron chi connectivity index (χ3n) is 4.40. The molecule has 0 spiro atoms. The van der Waals surface area contributed by atoms with Gasteiger partial charge in [0.05, 0.1) is 34.7 Å². The Balaban J connectivity index is 1.73. The molecule has 2 aromatic heterocycles. The molecule has 0 unspecified atom stereocenters. The number of hydrogen-bond acceptors (Lipinski definition) is 7. The van der Waals surface area contributed by atoms with Gasteiger partial charge < -0.3 is 9.72 Å². The third-order valence-corrected chi connectivity index (χ3v) is 5.62. The summed E-state index contributed by atoms with van der Waals surface area (Å²) in [6.45, 7) is -0.268. The molecule has 0 saturated heterocycles. The minimum absolute atomic E-state index is 0.236. The van der Waals surface area contributed by atoms with Crippen molar-refractivity contribution in [3.8, 4) is 0 Å². The summed E-state index contributed by atoms with van der Waals surface area (Å²) in [7, 11) is 1.25. The van der Waals surface area contributed by atoms with E-state index in [-0.39, 0.29) is 23.4 Å². The molecule has 0 aliphatic carbocycles. The molecular formula is C20H15ClN4O4S. The summed E-state index contributed by atoms with van der Waals surface area (Å²) in [4.78, 5) is 48.7. The molecule has 30 heavy (non-hydrogen) atoms. The van der Waals surface area contributed by atoms with Gasteiger partial charge in [0.2, 0.25) is 0 Å². The number of aromatic amines is 1. The van der Waals surface area contributed by atoms with Gasteiger partial charge >= 0.3 is 5.97 Å². The van der Waals surface area contributed by atoms with E-state index in [4.69, 9.17) is 16.3 Å². The number of hydrogen-bond donors (Lipinski definition) is 1. The number of benzene rings is 2. The molecule has 0 radical (unpaired) electrons. The van der Waals surface area contributed by atoms with Gasteiger partial charge in [0.15, 0.2) is 5.16 Å². The fourth-order valence-electron chi connectivity index (χ4n) is 2.95. The maximum Gasteiger partial charge on any atom is 0.325 e. The zero-order valence-corrected chi connectivity index (χ0v) is 17.3. The van der Waals surface area contributed by atoms with Crippen LogP contribution in [0.2, 0.25) is 5.02 Å². The first-order valence-corrected chi connectivity index (χ1v) is 10.2. The summed E-state index contributed by atoms with van der Waals surface area (Å²) in [5.41, 5.74) is 0.373. The van der Waals surface area contributed by atoms with Gasteiger partial charge in [-0.3, -0.25) is 19.0 Å². The number of ether oxygens (including phenoxy) is 1. The van der Waals surface area contributed by atoms with Crippen molar-refractivity contribution in [2.24, 2.45) is 0 Å². The molecule has 0 bridgehead atoms. The second kappa shape index (κ2) is 8.29. The van der Waals surface area contributed by atoms with E-state index in [1.165, 1.54) is 23.4 Å². The van der Waals surface area contributed by atoms with Crippen LogP contribution in [0.25, 0.3) is 21.8 Å². The number of H-pyrrole nitrogens is 1. The SMILES string of the molecule is COC(=O)Cn1c(SCc2nc3ccc(Cl)cc3c(=O)[nH]2)nc2ccccc2c1=O. The van der Waals surface area contributed by atoms with Crippen molar-refractivity contribution in [1.82, 2.24) is 19.5 Å². The molecule has 0 amide bonds. The summed E-state index contributed by atoms with van der Waals surface area (Å²) in [5.74, 6) is 0.0803. The van der Waals surface area contributed by atoms with E-state index in [1.807, 2.05) is 0 Å². The normalized spacial score (nSPS) is 11.1. The van der Waals surface area contributed by atoms with Crippen molar-refractivity contribution >= 4 is 51.1 Å². The summed E-state index contributed by atoms with van der Waals surface area (Å²) in [5, 5.41) is 1.56. The van der Waals surface area contributed by atoms with Gasteiger partial charge in [-0.15, -0.1) is 0 Å². The van der Waals surface area contributed by atoms with Crippen LogP contribution in [0.5, 0.6) is 0 Å². The molecule has 1 N–H and O–H groups in total. The molecule has 0 aliphatic rings. The molecule has 0 saturated carbocycles. The first-order chi connectivity index (χ1) is 14.5. The summed E-state index contributed by atoms with van der Waals surface area (Å²) < 4.78 is 5.97. The van der Waals surface area contributed by atoms with Gasteiger partial charge in [-0.25, -0.2) is 9.97 Å². The van der Waals surface area contributed by atoms with Crippen LogP contribution in [0.1, 0.15) is 5.82 Å². The van der Waals surface area contributed by atoms with Crippen LogP contribution in [-0.2, 0) is 21.8 Å². The molecule has 2 aromatic carbocycles. The third kappa shape index (κ3) is 3.94. The fraction of sp³-hybridized carbons (Fsp3) is 0.150. The smallest absolute Gasteiger partial charge is 0.325 e. The molecular weight excluding hydrogens is 428 g/mol. The Hall–Kier alpha value is -3.17. The highest BCUT2D eigenvalue weighted by Crippen LogP contribution is 2.22. The molecule has 4 aromatic rings. The number of methoxy groups -OCH3 is 1. The topological polar surface area (TPSA) is 107 Å². The minimum atomic E-state index is -0.565. The lowest BCUT2D eigenvalue weighted by atomic mass is 10.2. The predicted octanol–water partition coefficient (Wildman–Crippen LogP) is 2.75. The Morgan fingerprint density at radius 1 is 1.13 bits per heavy atom. The van der Waals surface area contributed by atoms with Crippen LogP contribution in [-0.4, -0.2) is 32.6 Å². The van der Waals surface area contributed by atoms with Crippen LogP contribution in [0.4, 0.5) is 0 Å². The largest absolute Gasteiger partial charge is 0.468 e. The number of para-hydroxylation sites is 1. The lowest BCUT2D eigenvalue weighted by Gasteiger charge is -2.12. The Labute approximate surface area is 178 Å². The molecule has 4 rings (SSSR count). The number of halogens is 1. The number of carbonyl (C=O) groups is 1. The Morgan fingerprint density at radius 3 is 2.70 bits per heavy atom. The molecule has 8 nitrogen and oxygen atoms in total. The predicted molar refractivity (Wildman–Crippen MR) is 115 cm³/mol. The molecule has 2 heterocycles. The van der Waals surface area contributed by atoms with Crippen molar-refractivity contribution in [3.63, 3.8) is 0 Å². The fourth-order valence-corrected chi connectivity index (χ4v) is 3.99. The van der Waals surface area contributed by atoms with E-state index in [1.54, 1.807) is 42.5 Å². The van der Waals surface area contributed by atoms with Crippen molar-refractivity contribution in [3.05, 3.63) is 74.0 Å². The second-order valence-corrected chi connectivity index (χ2v) is 7.72. The number of fused-ring (bicyclic) bond motifs is 2. The zero-order valence-electron chi connectivity index (χ0n) is 15.7. The Bertz CT molecular complexity index is 1400. The highest BCUT2D eigenvalue weighted by atomic mass is 35.5. The number of thioether (sulfide) groups is 1. The molecule has 10 heteroatoms. The second-order valence-electron chi connectivity index (χ2n) is 6.34. The summed E-state index contributed by atoms with van der Waals surface area (Å²) >= 11 is 7.13. The van der Waals surface area contributed by atoms with Crippen molar-refractivity contribution < 1.29 is 9.53 Å². The van der Waals surface area contributed by atoms with Gasteiger partial charge in [-0.2, -0.15) is 0 Å². The molecule has 0 atom stereocenters. The zero-order chi connectivity index (χ0) is 21.3. The summed E-state index contributed by atoms with van der Waals surface area (Å²) in [6.07, 6.45) is 0. The average molecular weight is 443 g/mol. The Morgan fingerprint density at radius 2 is 1.90 bits per heavy atom. The maximum absolute atomic E-state index is 12.9.